The second kappa shape index (κ2) is 2.52. The van der Waals surface area contributed by atoms with Crippen LogP contribution in [-0.2, 0) is 0 Å². The standard InChI is InChI=1S/C8H14Si/c1-7-4-5-8(6-7)9(2)3/h4,6,9H,5H2,1-3H3. The van der Waals surface area contributed by atoms with Crippen LogP contribution in [0.15, 0.2) is 22.9 Å². The van der Waals surface area contributed by atoms with Crippen LogP contribution in [0.3, 0.4) is 0 Å². The molecule has 0 aromatic heterocycles. The first-order valence-corrected chi connectivity index (χ1v) is 6.46. The highest BCUT2D eigenvalue weighted by atomic mass is 28.3. The molecular formula is C8H14Si. The molecule has 0 aliphatic heterocycles. The molecule has 0 spiro atoms. The number of allylic oxidation sites excluding steroid dienone is 4. The van der Waals surface area contributed by atoms with Gasteiger partial charge in [0.25, 0.3) is 0 Å². The second-order valence-corrected chi connectivity index (χ2v) is 6.08. The van der Waals surface area contributed by atoms with E-state index in [4.69, 9.17) is 0 Å². The van der Waals surface area contributed by atoms with E-state index in [2.05, 4.69) is 32.2 Å². The van der Waals surface area contributed by atoms with Crippen molar-refractivity contribution in [3.8, 4) is 0 Å². The summed E-state index contributed by atoms with van der Waals surface area (Å²) in [7, 11) is -0.452. The van der Waals surface area contributed by atoms with Crippen molar-refractivity contribution in [3.63, 3.8) is 0 Å². The SMILES string of the molecule is CC1=CCC([SiH](C)C)=C1. The molecule has 1 heteroatoms. The van der Waals surface area contributed by atoms with Crippen molar-refractivity contribution in [1.82, 2.24) is 0 Å². The van der Waals surface area contributed by atoms with Crippen LogP contribution in [-0.4, -0.2) is 8.80 Å². The molecule has 0 amide bonds. The zero-order valence-electron chi connectivity index (χ0n) is 6.44. The van der Waals surface area contributed by atoms with Crippen molar-refractivity contribution in [1.29, 1.82) is 0 Å². The lowest BCUT2D eigenvalue weighted by atomic mass is 10.3. The molecule has 9 heavy (non-hydrogen) atoms. The fourth-order valence-electron chi connectivity index (χ4n) is 1.09. The van der Waals surface area contributed by atoms with Crippen LogP contribution in [0.2, 0.25) is 13.1 Å². The molecule has 0 radical (unpaired) electrons. The Bertz CT molecular complexity index is 163. The van der Waals surface area contributed by atoms with Gasteiger partial charge in [-0.2, -0.15) is 0 Å². The van der Waals surface area contributed by atoms with E-state index in [0.29, 0.717) is 0 Å². The Morgan fingerprint density at radius 3 is 2.33 bits per heavy atom. The highest BCUT2D eigenvalue weighted by Gasteiger charge is 2.06. The molecule has 1 aliphatic rings. The van der Waals surface area contributed by atoms with Gasteiger partial charge in [0.15, 0.2) is 0 Å². The maximum Gasteiger partial charge on any atom is 0.0599 e. The van der Waals surface area contributed by atoms with Gasteiger partial charge in [0.2, 0.25) is 0 Å². The van der Waals surface area contributed by atoms with Crippen molar-refractivity contribution in [2.24, 2.45) is 0 Å². The van der Waals surface area contributed by atoms with Gasteiger partial charge in [0, 0.05) is 0 Å². The van der Waals surface area contributed by atoms with Gasteiger partial charge in [-0.05, 0) is 13.3 Å². The molecule has 0 heterocycles. The molecule has 0 saturated carbocycles. The smallest absolute Gasteiger partial charge is 0.0599 e. The van der Waals surface area contributed by atoms with E-state index in [9.17, 15) is 0 Å². The summed E-state index contributed by atoms with van der Waals surface area (Å²) in [6.45, 7) is 6.96. The van der Waals surface area contributed by atoms with Crippen molar-refractivity contribution >= 4 is 8.80 Å². The number of rotatable bonds is 1. The zero-order chi connectivity index (χ0) is 6.85. The van der Waals surface area contributed by atoms with E-state index >= 15 is 0 Å². The van der Waals surface area contributed by atoms with Crippen molar-refractivity contribution in [3.05, 3.63) is 22.9 Å². The Balaban J connectivity index is 2.60. The minimum atomic E-state index is -0.452. The van der Waals surface area contributed by atoms with Gasteiger partial charge in [-0.15, -0.1) is 0 Å². The topological polar surface area (TPSA) is 0 Å². The lowest BCUT2D eigenvalue weighted by Gasteiger charge is -2.01. The summed E-state index contributed by atoms with van der Waals surface area (Å²) >= 11 is 0. The maximum absolute atomic E-state index is 2.39. The van der Waals surface area contributed by atoms with Gasteiger partial charge >= 0.3 is 0 Å². The van der Waals surface area contributed by atoms with E-state index in [-0.39, 0.29) is 0 Å². The van der Waals surface area contributed by atoms with Gasteiger partial charge in [-0.3, -0.25) is 0 Å². The van der Waals surface area contributed by atoms with Gasteiger partial charge in [-0.1, -0.05) is 36.0 Å². The monoisotopic (exact) mass is 138 g/mol. The average molecular weight is 138 g/mol. The third-order valence-electron chi connectivity index (χ3n) is 1.81. The van der Waals surface area contributed by atoms with Crippen molar-refractivity contribution in [2.45, 2.75) is 26.4 Å². The summed E-state index contributed by atoms with van der Waals surface area (Å²) in [6, 6.07) is 0. The molecule has 0 unspecified atom stereocenters. The fraction of sp³-hybridized carbons (Fsp3) is 0.500. The minimum absolute atomic E-state index is 0.452. The fourth-order valence-corrected chi connectivity index (χ4v) is 2.28. The average Bonchev–Trinajstić information content (AvgIpc) is 2.14. The molecule has 0 fully saturated rings. The molecule has 0 saturated heterocycles. The Hall–Kier alpha value is -0.303. The maximum atomic E-state index is 2.39. The van der Waals surface area contributed by atoms with Crippen LogP contribution in [0.4, 0.5) is 0 Å². The molecule has 0 nitrogen and oxygen atoms in total. The van der Waals surface area contributed by atoms with Gasteiger partial charge in [0.05, 0.1) is 8.80 Å². The Morgan fingerprint density at radius 2 is 2.11 bits per heavy atom. The molecule has 0 bridgehead atoms. The second-order valence-electron chi connectivity index (χ2n) is 3.03. The van der Waals surface area contributed by atoms with E-state index in [0.717, 1.165) is 0 Å². The molecule has 1 rings (SSSR count). The number of hydrogen-bond donors (Lipinski definition) is 0. The summed E-state index contributed by atoms with van der Waals surface area (Å²) in [5.74, 6) is 0. The molecule has 0 N–H and O–H groups in total. The predicted octanol–water partition coefficient (Wildman–Crippen LogP) is 2.29. The highest BCUT2D eigenvalue weighted by Crippen LogP contribution is 2.18. The van der Waals surface area contributed by atoms with E-state index in [1.165, 1.54) is 12.0 Å². The summed E-state index contributed by atoms with van der Waals surface area (Å²) in [6.07, 6.45) is 5.93. The first-order valence-electron chi connectivity index (χ1n) is 3.57. The normalized spacial score (nSPS) is 18.2. The van der Waals surface area contributed by atoms with Crippen LogP contribution in [0.1, 0.15) is 13.3 Å². The molecule has 1 aliphatic carbocycles. The third-order valence-corrected chi connectivity index (χ3v) is 3.70. The molecule has 50 valence electrons. The summed E-state index contributed by atoms with van der Waals surface area (Å²) in [5.41, 5.74) is 1.46. The van der Waals surface area contributed by atoms with Gasteiger partial charge in [-0.25, -0.2) is 0 Å². The first kappa shape index (κ1) is 6.81. The van der Waals surface area contributed by atoms with Gasteiger partial charge < -0.3 is 0 Å². The summed E-state index contributed by atoms with van der Waals surface area (Å²) in [4.78, 5) is 0. The van der Waals surface area contributed by atoms with Crippen LogP contribution >= 0.6 is 0 Å². The third kappa shape index (κ3) is 1.55. The highest BCUT2D eigenvalue weighted by molar-refractivity contribution is 6.64. The van der Waals surface area contributed by atoms with E-state index in [1.54, 1.807) is 5.20 Å². The van der Waals surface area contributed by atoms with Gasteiger partial charge in [0.1, 0.15) is 0 Å². The van der Waals surface area contributed by atoms with Crippen molar-refractivity contribution in [2.75, 3.05) is 0 Å². The van der Waals surface area contributed by atoms with Crippen LogP contribution < -0.4 is 0 Å². The quantitative estimate of drug-likeness (QED) is 0.488. The molecule has 0 aromatic carbocycles. The van der Waals surface area contributed by atoms with E-state index < -0.39 is 8.80 Å². The van der Waals surface area contributed by atoms with Crippen molar-refractivity contribution < 1.29 is 0 Å². The van der Waals surface area contributed by atoms with Crippen LogP contribution in [0.25, 0.3) is 0 Å². The molecule has 0 aromatic rings. The predicted molar refractivity (Wildman–Crippen MR) is 45.3 cm³/mol. The lowest BCUT2D eigenvalue weighted by Crippen LogP contribution is -2.02. The summed E-state index contributed by atoms with van der Waals surface area (Å²) < 4.78 is 0. The molecule has 0 atom stereocenters. The summed E-state index contributed by atoms with van der Waals surface area (Å²) in [5, 5.41) is 1.72. The van der Waals surface area contributed by atoms with Crippen LogP contribution in [0.5, 0.6) is 0 Å². The zero-order valence-corrected chi connectivity index (χ0v) is 7.59. The molecular weight excluding hydrogens is 124 g/mol. The largest absolute Gasteiger partial charge is 0.0807 e. The van der Waals surface area contributed by atoms with E-state index in [1.807, 2.05) is 0 Å². The Labute approximate surface area is 58.9 Å². The lowest BCUT2D eigenvalue weighted by molar-refractivity contribution is 1.37. The van der Waals surface area contributed by atoms with Crippen LogP contribution in [0, 0.1) is 0 Å². The minimum Gasteiger partial charge on any atom is -0.0807 e. The Kier molecular flexibility index (Phi) is 1.91. The number of hydrogen-bond acceptors (Lipinski definition) is 0. The first-order chi connectivity index (χ1) is 4.20. The Morgan fingerprint density at radius 1 is 1.44 bits per heavy atom.